The standard InChI is InChI=1S/C27H25N3O/c1-20(2)27(31)28-19-25-29-24(18-21-12-6-3-7-13-21)26(22-14-8-4-9-15-22)30(25)23-16-10-5-11-17-23/h3-17H,1,18-19H2,2H3,(H,28,31). The van der Waals surface area contributed by atoms with E-state index in [1.807, 2.05) is 54.6 Å². The number of amides is 1. The molecule has 0 saturated carbocycles. The first-order valence-electron chi connectivity index (χ1n) is 10.3. The molecule has 1 N–H and O–H groups in total. The van der Waals surface area contributed by atoms with E-state index in [0.29, 0.717) is 18.5 Å². The fraction of sp³-hybridized carbons (Fsp3) is 0.111. The van der Waals surface area contributed by atoms with Gasteiger partial charge in [-0.1, -0.05) is 85.4 Å². The van der Waals surface area contributed by atoms with Gasteiger partial charge in [-0.3, -0.25) is 9.36 Å². The molecular formula is C27H25N3O. The second kappa shape index (κ2) is 9.26. The van der Waals surface area contributed by atoms with Crippen molar-refractivity contribution in [1.29, 1.82) is 0 Å². The number of nitrogens with one attached hydrogen (secondary N) is 1. The lowest BCUT2D eigenvalue weighted by Gasteiger charge is -2.14. The highest BCUT2D eigenvalue weighted by Crippen LogP contribution is 2.30. The van der Waals surface area contributed by atoms with Crippen molar-refractivity contribution in [3.8, 4) is 16.9 Å². The van der Waals surface area contributed by atoms with Gasteiger partial charge >= 0.3 is 0 Å². The summed E-state index contributed by atoms with van der Waals surface area (Å²) in [5, 5.41) is 2.94. The molecule has 0 aliphatic rings. The van der Waals surface area contributed by atoms with Crippen molar-refractivity contribution in [3.63, 3.8) is 0 Å². The van der Waals surface area contributed by atoms with Crippen LogP contribution in [0, 0.1) is 0 Å². The van der Waals surface area contributed by atoms with Gasteiger partial charge in [0.05, 0.1) is 17.9 Å². The maximum atomic E-state index is 12.2. The Morgan fingerprint density at radius 1 is 0.903 bits per heavy atom. The zero-order chi connectivity index (χ0) is 21.6. The van der Waals surface area contributed by atoms with Gasteiger partial charge in [-0.05, 0) is 24.6 Å². The molecule has 0 saturated heterocycles. The van der Waals surface area contributed by atoms with Gasteiger partial charge in [0.15, 0.2) is 0 Å². The molecule has 154 valence electrons. The molecule has 4 nitrogen and oxygen atoms in total. The molecule has 1 amide bonds. The number of hydrogen-bond donors (Lipinski definition) is 1. The average molecular weight is 408 g/mol. The monoisotopic (exact) mass is 407 g/mol. The smallest absolute Gasteiger partial charge is 0.246 e. The average Bonchev–Trinajstić information content (AvgIpc) is 3.17. The highest BCUT2D eigenvalue weighted by atomic mass is 16.1. The summed E-state index contributed by atoms with van der Waals surface area (Å²) in [5.41, 5.74) is 5.77. The van der Waals surface area contributed by atoms with Gasteiger partial charge in [0, 0.05) is 23.2 Å². The lowest BCUT2D eigenvalue weighted by Crippen LogP contribution is -2.24. The molecule has 0 spiro atoms. The van der Waals surface area contributed by atoms with Crippen molar-refractivity contribution < 1.29 is 4.79 Å². The summed E-state index contributed by atoms with van der Waals surface area (Å²) in [6.07, 6.45) is 0.701. The molecule has 0 atom stereocenters. The number of nitrogens with zero attached hydrogens (tertiary/aromatic N) is 2. The van der Waals surface area contributed by atoms with Gasteiger partial charge in [0.2, 0.25) is 5.91 Å². The first kappa shape index (κ1) is 20.4. The van der Waals surface area contributed by atoms with Gasteiger partial charge in [-0.2, -0.15) is 0 Å². The quantitative estimate of drug-likeness (QED) is 0.421. The molecule has 31 heavy (non-hydrogen) atoms. The van der Waals surface area contributed by atoms with Gasteiger partial charge in [0.1, 0.15) is 5.82 Å². The minimum absolute atomic E-state index is 0.173. The Labute approximate surface area is 182 Å². The van der Waals surface area contributed by atoms with E-state index < -0.39 is 0 Å². The van der Waals surface area contributed by atoms with Crippen LogP contribution in [0.5, 0.6) is 0 Å². The van der Waals surface area contributed by atoms with Crippen molar-refractivity contribution in [3.05, 3.63) is 120 Å². The predicted octanol–water partition coefficient (Wildman–Crippen LogP) is 5.32. The Hall–Kier alpha value is -3.92. The summed E-state index contributed by atoms with van der Waals surface area (Å²) >= 11 is 0. The van der Waals surface area contributed by atoms with Gasteiger partial charge in [-0.25, -0.2) is 4.98 Å². The van der Waals surface area contributed by atoms with E-state index in [1.165, 1.54) is 5.56 Å². The van der Waals surface area contributed by atoms with Gasteiger partial charge < -0.3 is 5.32 Å². The van der Waals surface area contributed by atoms with Crippen LogP contribution < -0.4 is 5.32 Å². The fourth-order valence-electron chi connectivity index (χ4n) is 3.61. The molecule has 0 unspecified atom stereocenters. The van der Waals surface area contributed by atoms with Crippen LogP contribution in [-0.4, -0.2) is 15.5 Å². The molecule has 1 heterocycles. The zero-order valence-corrected chi connectivity index (χ0v) is 17.6. The third kappa shape index (κ3) is 4.64. The summed E-state index contributed by atoms with van der Waals surface area (Å²) < 4.78 is 2.15. The number of hydrogen-bond acceptors (Lipinski definition) is 2. The van der Waals surface area contributed by atoms with Crippen molar-refractivity contribution in [2.45, 2.75) is 19.9 Å². The third-order valence-electron chi connectivity index (χ3n) is 5.09. The Balaban J connectivity index is 1.87. The number of carbonyl (C=O) groups excluding carboxylic acids is 1. The van der Waals surface area contributed by atoms with E-state index >= 15 is 0 Å². The number of rotatable bonds is 7. The maximum absolute atomic E-state index is 12.2. The topological polar surface area (TPSA) is 46.9 Å². The SMILES string of the molecule is C=C(C)C(=O)NCc1nc(Cc2ccccc2)c(-c2ccccc2)n1-c1ccccc1. The van der Waals surface area contributed by atoms with E-state index in [1.54, 1.807) is 6.92 Å². The molecule has 4 aromatic rings. The highest BCUT2D eigenvalue weighted by molar-refractivity contribution is 5.92. The summed E-state index contributed by atoms with van der Waals surface area (Å²) in [6, 6.07) is 30.7. The molecule has 0 bridgehead atoms. The molecule has 1 aromatic heterocycles. The second-order valence-electron chi connectivity index (χ2n) is 7.49. The van der Waals surface area contributed by atoms with Crippen LogP contribution >= 0.6 is 0 Å². The molecule has 0 aliphatic heterocycles. The van der Waals surface area contributed by atoms with E-state index in [2.05, 4.69) is 52.9 Å². The molecule has 0 fully saturated rings. The molecule has 0 aliphatic carbocycles. The van der Waals surface area contributed by atoms with Crippen LogP contribution in [0.1, 0.15) is 24.0 Å². The minimum atomic E-state index is -0.173. The Morgan fingerprint density at radius 3 is 2.10 bits per heavy atom. The van der Waals surface area contributed by atoms with Gasteiger partial charge in [-0.15, -0.1) is 0 Å². The highest BCUT2D eigenvalue weighted by Gasteiger charge is 2.20. The minimum Gasteiger partial charge on any atom is -0.345 e. The summed E-state index contributed by atoms with van der Waals surface area (Å²) in [4.78, 5) is 17.2. The Bertz CT molecular complexity index is 1180. The van der Waals surface area contributed by atoms with E-state index in [0.717, 1.165) is 28.5 Å². The summed E-state index contributed by atoms with van der Waals surface area (Å²) in [7, 11) is 0. The maximum Gasteiger partial charge on any atom is 0.246 e. The zero-order valence-electron chi connectivity index (χ0n) is 17.6. The van der Waals surface area contributed by atoms with Crippen LogP contribution in [0.15, 0.2) is 103 Å². The molecule has 4 rings (SSSR count). The normalized spacial score (nSPS) is 10.6. The van der Waals surface area contributed by atoms with Crippen LogP contribution in [0.2, 0.25) is 0 Å². The van der Waals surface area contributed by atoms with Crippen LogP contribution in [0.25, 0.3) is 16.9 Å². The number of aromatic nitrogens is 2. The largest absolute Gasteiger partial charge is 0.345 e. The van der Waals surface area contributed by atoms with E-state index in [4.69, 9.17) is 4.98 Å². The molecular weight excluding hydrogens is 382 g/mol. The van der Waals surface area contributed by atoms with Crippen LogP contribution in [0.3, 0.4) is 0 Å². The number of benzene rings is 3. The lowest BCUT2D eigenvalue weighted by molar-refractivity contribution is -0.117. The van der Waals surface area contributed by atoms with Gasteiger partial charge in [0.25, 0.3) is 0 Å². The Kier molecular flexibility index (Phi) is 6.08. The first-order valence-corrected chi connectivity index (χ1v) is 10.3. The molecule has 4 heteroatoms. The Morgan fingerprint density at radius 2 is 1.48 bits per heavy atom. The predicted molar refractivity (Wildman–Crippen MR) is 125 cm³/mol. The second-order valence-corrected chi connectivity index (χ2v) is 7.49. The van der Waals surface area contributed by atoms with Crippen molar-refractivity contribution >= 4 is 5.91 Å². The molecule has 0 radical (unpaired) electrons. The lowest BCUT2D eigenvalue weighted by atomic mass is 10.0. The summed E-state index contributed by atoms with van der Waals surface area (Å²) in [6.45, 7) is 5.75. The van der Waals surface area contributed by atoms with Crippen molar-refractivity contribution in [2.75, 3.05) is 0 Å². The fourth-order valence-corrected chi connectivity index (χ4v) is 3.61. The van der Waals surface area contributed by atoms with Crippen molar-refractivity contribution in [2.24, 2.45) is 0 Å². The van der Waals surface area contributed by atoms with E-state index in [9.17, 15) is 4.79 Å². The third-order valence-corrected chi connectivity index (χ3v) is 5.09. The molecule has 3 aromatic carbocycles. The van der Waals surface area contributed by atoms with Crippen molar-refractivity contribution in [1.82, 2.24) is 14.9 Å². The van der Waals surface area contributed by atoms with Crippen LogP contribution in [-0.2, 0) is 17.8 Å². The van der Waals surface area contributed by atoms with Crippen LogP contribution in [0.4, 0.5) is 0 Å². The number of carbonyl (C=O) groups is 1. The van der Waals surface area contributed by atoms with E-state index in [-0.39, 0.29) is 5.91 Å². The number of para-hydroxylation sites is 1. The number of imidazole rings is 1. The summed E-state index contributed by atoms with van der Waals surface area (Å²) in [5.74, 6) is 0.610. The first-order chi connectivity index (χ1) is 15.1.